The zero-order chi connectivity index (χ0) is 25.2. The molecule has 6 nitrogen and oxygen atoms in total. The molecule has 0 fully saturated rings. The Morgan fingerprint density at radius 2 is 1.74 bits per heavy atom. The minimum Gasteiger partial charge on any atom is -0.464 e. The van der Waals surface area contributed by atoms with Crippen LogP contribution in [0, 0.1) is 12.8 Å². The fourth-order valence-corrected chi connectivity index (χ4v) is 3.85. The van der Waals surface area contributed by atoms with E-state index >= 15 is 0 Å². The molecular formula is C28H34ClN3O3. The minimum atomic E-state index is -0.321. The average Bonchev–Trinajstić information content (AvgIpc) is 3.24. The molecule has 7 heteroatoms. The molecule has 0 saturated carbocycles. The van der Waals surface area contributed by atoms with Crippen LogP contribution in [0.3, 0.4) is 0 Å². The van der Waals surface area contributed by atoms with Gasteiger partial charge in [0.1, 0.15) is 18.1 Å². The van der Waals surface area contributed by atoms with Crippen LogP contribution in [0.1, 0.15) is 37.4 Å². The van der Waals surface area contributed by atoms with Crippen LogP contribution < -0.4 is 5.32 Å². The molecule has 0 aliphatic rings. The molecule has 0 atom stereocenters. The van der Waals surface area contributed by atoms with Crippen molar-refractivity contribution in [1.82, 2.24) is 9.80 Å². The van der Waals surface area contributed by atoms with Crippen molar-refractivity contribution in [2.75, 3.05) is 25.0 Å². The number of amides is 3. The van der Waals surface area contributed by atoms with Crippen LogP contribution in [0.2, 0.25) is 5.02 Å². The molecule has 0 spiro atoms. The van der Waals surface area contributed by atoms with Gasteiger partial charge in [0.05, 0.1) is 6.54 Å². The molecule has 0 unspecified atom stereocenters. The average molecular weight is 496 g/mol. The van der Waals surface area contributed by atoms with Crippen molar-refractivity contribution >= 4 is 29.2 Å². The Morgan fingerprint density at radius 3 is 2.40 bits per heavy atom. The van der Waals surface area contributed by atoms with Crippen LogP contribution >= 0.6 is 11.6 Å². The predicted octanol–water partition coefficient (Wildman–Crippen LogP) is 6.39. The van der Waals surface area contributed by atoms with E-state index in [-0.39, 0.29) is 18.5 Å². The predicted molar refractivity (Wildman–Crippen MR) is 141 cm³/mol. The maximum absolute atomic E-state index is 13.5. The molecule has 3 rings (SSSR count). The number of benzene rings is 2. The number of anilines is 1. The van der Waals surface area contributed by atoms with Crippen molar-refractivity contribution < 1.29 is 14.0 Å². The summed E-state index contributed by atoms with van der Waals surface area (Å²) < 4.78 is 5.74. The Kier molecular flexibility index (Phi) is 9.79. The molecular weight excluding hydrogens is 462 g/mol. The first-order valence-corrected chi connectivity index (χ1v) is 12.4. The van der Waals surface area contributed by atoms with E-state index in [1.165, 1.54) is 0 Å². The van der Waals surface area contributed by atoms with E-state index in [0.717, 1.165) is 23.5 Å². The molecule has 0 aliphatic heterocycles. The summed E-state index contributed by atoms with van der Waals surface area (Å²) in [6.07, 6.45) is 1.50. The topological polar surface area (TPSA) is 65.8 Å². The summed E-state index contributed by atoms with van der Waals surface area (Å²) in [4.78, 5) is 29.9. The molecule has 1 heterocycles. The van der Waals surface area contributed by atoms with Gasteiger partial charge in [-0.25, -0.2) is 4.79 Å². The first-order chi connectivity index (χ1) is 16.8. The first-order valence-electron chi connectivity index (χ1n) is 12.0. The number of rotatable bonds is 11. The fourth-order valence-electron chi connectivity index (χ4n) is 3.66. The van der Waals surface area contributed by atoms with Gasteiger partial charge in [-0.3, -0.25) is 4.79 Å². The summed E-state index contributed by atoms with van der Waals surface area (Å²) >= 11 is 6.07. The lowest BCUT2D eigenvalue weighted by Gasteiger charge is -2.28. The van der Waals surface area contributed by atoms with Crippen LogP contribution in [0.5, 0.6) is 0 Å². The lowest BCUT2D eigenvalue weighted by molar-refractivity contribution is -0.132. The van der Waals surface area contributed by atoms with Crippen molar-refractivity contribution in [2.45, 2.75) is 40.2 Å². The van der Waals surface area contributed by atoms with E-state index in [9.17, 15) is 9.59 Å². The summed E-state index contributed by atoms with van der Waals surface area (Å²) in [6, 6.07) is 20.5. The first kappa shape index (κ1) is 26.4. The largest absolute Gasteiger partial charge is 0.464 e. The van der Waals surface area contributed by atoms with Gasteiger partial charge < -0.3 is 19.5 Å². The van der Waals surface area contributed by atoms with E-state index in [0.29, 0.717) is 42.7 Å². The van der Waals surface area contributed by atoms with E-state index in [2.05, 4.69) is 19.2 Å². The smallest absolute Gasteiger partial charge is 0.322 e. The van der Waals surface area contributed by atoms with Crippen LogP contribution in [0.4, 0.5) is 10.5 Å². The van der Waals surface area contributed by atoms with Crippen molar-refractivity contribution in [3.63, 3.8) is 0 Å². The molecule has 1 aromatic heterocycles. The molecule has 3 aromatic rings. The van der Waals surface area contributed by atoms with Crippen LogP contribution in [0.15, 0.2) is 71.1 Å². The molecule has 0 aliphatic carbocycles. The van der Waals surface area contributed by atoms with Gasteiger partial charge in [0.2, 0.25) is 5.91 Å². The van der Waals surface area contributed by atoms with Gasteiger partial charge in [-0.15, -0.1) is 0 Å². The number of aryl methyl sites for hydroxylation is 1. The lowest BCUT2D eigenvalue weighted by Crippen LogP contribution is -2.45. The molecule has 35 heavy (non-hydrogen) atoms. The molecule has 0 radical (unpaired) electrons. The van der Waals surface area contributed by atoms with Gasteiger partial charge in [0.25, 0.3) is 0 Å². The van der Waals surface area contributed by atoms with Crippen molar-refractivity contribution in [3.05, 3.63) is 88.8 Å². The normalized spacial score (nSPS) is 10.9. The zero-order valence-electron chi connectivity index (χ0n) is 20.7. The van der Waals surface area contributed by atoms with Gasteiger partial charge in [-0.05, 0) is 61.6 Å². The highest BCUT2D eigenvalue weighted by atomic mass is 35.5. The summed E-state index contributed by atoms with van der Waals surface area (Å²) in [7, 11) is 0. The van der Waals surface area contributed by atoms with Gasteiger partial charge in [-0.2, -0.15) is 0 Å². The highest BCUT2D eigenvalue weighted by Gasteiger charge is 2.23. The van der Waals surface area contributed by atoms with Gasteiger partial charge in [0, 0.05) is 23.8 Å². The standard InChI is InChI=1S/C28H34ClN3O3/c1-21(2)14-16-32(28(34)30-25-11-7-10-24(29)18-25)20-27(33)31(19-26-13-12-22(3)35-26)17-15-23-8-5-4-6-9-23/h4-13,18,21H,14-17,19-20H2,1-3H3,(H,30,34). The molecule has 0 bridgehead atoms. The molecule has 1 N–H and O–H groups in total. The lowest BCUT2D eigenvalue weighted by atomic mass is 10.1. The van der Waals surface area contributed by atoms with Crippen molar-refractivity contribution in [3.8, 4) is 0 Å². The highest BCUT2D eigenvalue weighted by Crippen LogP contribution is 2.17. The van der Waals surface area contributed by atoms with Crippen LogP contribution in [0.25, 0.3) is 0 Å². The third-order valence-electron chi connectivity index (χ3n) is 5.67. The van der Waals surface area contributed by atoms with Gasteiger partial charge in [-0.1, -0.05) is 61.8 Å². The Hall–Kier alpha value is -3.25. The number of nitrogens with zero attached hydrogens (tertiary/aromatic N) is 2. The SMILES string of the molecule is Cc1ccc(CN(CCc2ccccc2)C(=O)CN(CCC(C)C)C(=O)Nc2cccc(Cl)c2)o1. The van der Waals surface area contributed by atoms with Crippen LogP contribution in [-0.2, 0) is 17.8 Å². The summed E-state index contributed by atoms with van der Waals surface area (Å²) in [5, 5.41) is 3.41. The summed E-state index contributed by atoms with van der Waals surface area (Å²) in [6.45, 7) is 7.41. The van der Waals surface area contributed by atoms with E-state index in [1.807, 2.05) is 49.4 Å². The number of urea groups is 1. The van der Waals surface area contributed by atoms with E-state index < -0.39 is 0 Å². The molecule has 3 amide bonds. The number of furan rings is 1. The zero-order valence-corrected chi connectivity index (χ0v) is 21.4. The third-order valence-corrected chi connectivity index (χ3v) is 5.91. The van der Waals surface area contributed by atoms with Gasteiger partial charge >= 0.3 is 6.03 Å². The van der Waals surface area contributed by atoms with Crippen molar-refractivity contribution in [2.24, 2.45) is 5.92 Å². The third kappa shape index (κ3) is 8.80. The fraction of sp³-hybridized carbons (Fsp3) is 0.357. The number of nitrogens with one attached hydrogen (secondary N) is 1. The Bertz CT molecular complexity index is 1100. The number of hydrogen-bond donors (Lipinski definition) is 1. The quantitative estimate of drug-likeness (QED) is 0.335. The van der Waals surface area contributed by atoms with Crippen molar-refractivity contribution in [1.29, 1.82) is 0 Å². The minimum absolute atomic E-state index is 0.0202. The second-order valence-electron chi connectivity index (χ2n) is 9.11. The number of carbonyl (C=O) groups is 2. The number of hydrogen-bond acceptors (Lipinski definition) is 3. The second kappa shape index (κ2) is 13.0. The summed E-state index contributed by atoms with van der Waals surface area (Å²) in [5.41, 5.74) is 1.74. The number of halogens is 1. The van der Waals surface area contributed by atoms with E-state index in [1.54, 1.807) is 34.1 Å². The monoisotopic (exact) mass is 495 g/mol. The van der Waals surface area contributed by atoms with Gasteiger partial charge in [0.15, 0.2) is 0 Å². The maximum Gasteiger partial charge on any atom is 0.322 e. The molecule has 186 valence electrons. The Labute approximate surface area is 212 Å². The van der Waals surface area contributed by atoms with E-state index in [4.69, 9.17) is 16.0 Å². The Morgan fingerprint density at radius 1 is 0.971 bits per heavy atom. The molecule has 0 saturated heterocycles. The second-order valence-corrected chi connectivity index (χ2v) is 9.54. The Balaban J connectivity index is 1.73. The maximum atomic E-state index is 13.5. The number of carbonyl (C=O) groups excluding carboxylic acids is 2. The molecule has 2 aromatic carbocycles. The summed E-state index contributed by atoms with van der Waals surface area (Å²) in [5.74, 6) is 1.79. The highest BCUT2D eigenvalue weighted by molar-refractivity contribution is 6.30. The van der Waals surface area contributed by atoms with Crippen LogP contribution in [-0.4, -0.2) is 41.4 Å².